The summed E-state index contributed by atoms with van der Waals surface area (Å²) in [6, 6.07) is 20.5. The zero-order valence-electron chi connectivity index (χ0n) is 20.6. The summed E-state index contributed by atoms with van der Waals surface area (Å²) in [6.07, 6.45) is 3.61. The van der Waals surface area contributed by atoms with Crippen molar-refractivity contribution in [3.05, 3.63) is 107 Å². The molecule has 1 amide bonds. The predicted octanol–water partition coefficient (Wildman–Crippen LogP) is 6.44. The fourth-order valence-corrected chi connectivity index (χ4v) is 6.03. The Morgan fingerprint density at radius 3 is 2.62 bits per heavy atom. The van der Waals surface area contributed by atoms with Crippen LogP contribution in [0, 0.1) is 11.7 Å². The average molecular weight is 514 g/mol. The number of fused-ring (bicyclic) bond motifs is 1. The quantitative estimate of drug-likeness (QED) is 0.284. The van der Waals surface area contributed by atoms with Crippen LogP contribution in [0.2, 0.25) is 0 Å². The summed E-state index contributed by atoms with van der Waals surface area (Å²) in [6.45, 7) is 1.45. The van der Waals surface area contributed by atoms with E-state index in [1.165, 1.54) is 19.1 Å². The summed E-state index contributed by atoms with van der Waals surface area (Å²) in [5.41, 5.74) is 6.76. The van der Waals surface area contributed by atoms with Gasteiger partial charge in [0.1, 0.15) is 11.6 Å². The van der Waals surface area contributed by atoms with E-state index in [0.29, 0.717) is 18.7 Å². The van der Waals surface area contributed by atoms with E-state index in [2.05, 4.69) is 27.4 Å². The maximum atomic E-state index is 13.5. The zero-order valence-corrected chi connectivity index (χ0v) is 21.4. The number of pyridine rings is 1. The summed E-state index contributed by atoms with van der Waals surface area (Å²) in [4.78, 5) is 32.9. The van der Waals surface area contributed by atoms with Gasteiger partial charge >= 0.3 is 0 Å². The van der Waals surface area contributed by atoms with Crippen LogP contribution in [-0.4, -0.2) is 27.4 Å². The summed E-state index contributed by atoms with van der Waals surface area (Å²) < 4.78 is 13.2. The fraction of sp³-hybridized carbons (Fsp3) is 0.233. The van der Waals surface area contributed by atoms with E-state index in [9.17, 15) is 14.0 Å². The lowest BCUT2D eigenvalue weighted by Gasteiger charge is -2.21. The van der Waals surface area contributed by atoms with Crippen molar-refractivity contribution in [1.29, 1.82) is 0 Å². The molecule has 5 nitrogen and oxygen atoms in total. The number of nitrogens with zero attached hydrogens (tertiary/aromatic N) is 1. The second kappa shape index (κ2) is 11.1. The molecular formula is C30H28FN3O2S. The number of carbonyl (C=O) groups is 2. The van der Waals surface area contributed by atoms with Gasteiger partial charge in [-0.05, 0) is 59.0 Å². The molecule has 0 saturated carbocycles. The average Bonchev–Trinajstić information content (AvgIpc) is 3.24. The number of carbonyl (C=O) groups excluding carboxylic acids is 2. The number of Topliss-reactive ketones (excluding diaryl/α,β-unsaturated/α-hetero) is 1. The van der Waals surface area contributed by atoms with Crippen LogP contribution in [0.3, 0.4) is 0 Å². The Bertz CT molecular complexity index is 1420. The third-order valence-corrected chi connectivity index (χ3v) is 7.78. The molecule has 7 heteroatoms. The summed E-state index contributed by atoms with van der Waals surface area (Å²) in [7, 11) is 0. The van der Waals surface area contributed by atoms with Gasteiger partial charge in [-0.15, -0.1) is 0 Å². The maximum absolute atomic E-state index is 13.5. The Balaban J connectivity index is 1.42. The molecule has 37 heavy (non-hydrogen) atoms. The molecule has 5 rings (SSSR count). The Morgan fingerprint density at radius 1 is 1.08 bits per heavy atom. The van der Waals surface area contributed by atoms with Crippen molar-refractivity contribution in [2.45, 2.75) is 31.9 Å². The number of nitrogens with one attached hydrogen (secondary N) is 2. The van der Waals surface area contributed by atoms with E-state index in [1.54, 1.807) is 18.0 Å². The Kier molecular flexibility index (Phi) is 7.51. The first-order valence-electron chi connectivity index (χ1n) is 12.3. The van der Waals surface area contributed by atoms with Gasteiger partial charge in [-0.2, -0.15) is 11.8 Å². The highest BCUT2D eigenvalue weighted by Gasteiger charge is 2.31. The number of rotatable bonds is 8. The Hall–Kier alpha value is -3.71. The molecule has 2 N–H and O–H groups in total. The van der Waals surface area contributed by atoms with Crippen LogP contribution < -0.4 is 5.32 Å². The van der Waals surface area contributed by atoms with Gasteiger partial charge < -0.3 is 10.3 Å². The van der Waals surface area contributed by atoms with Crippen molar-refractivity contribution in [3.8, 4) is 11.3 Å². The van der Waals surface area contributed by atoms with Crippen LogP contribution in [0.5, 0.6) is 0 Å². The van der Waals surface area contributed by atoms with Crippen LogP contribution in [0.15, 0.2) is 72.9 Å². The minimum atomic E-state index is -0.230. The number of aromatic amines is 1. The molecule has 1 unspecified atom stereocenters. The first-order valence-corrected chi connectivity index (χ1v) is 13.5. The van der Waals surface area contributed by atoms with Crippen LogP contribution in [-0.2, 0) is 23.4 Å². The Morgan fingerprint density at radius 2 is 1.86 bits per heavy atom. The number of thioether (sulfide) groups is 1. The topological polar surface area (TPSA) is 74.8 Å². The van der Waals surface area contributed by atoms with E-state index < -0.39 is 0 Å². The SMILES string of the molecule is CC(=O)Nc1cc(-c2[nH]c3c(c2Cc2ccccc2)C(=O)CC(CSCc2ccc(F)cc2)C3)ccn1. The predicted molar refractivity (Wildman–Crippen MR) is 146 cm³/mol. The molecule has 1 aliphatic rings. The number of ketones is 1. The van der Waals surface area contributed by atoms with Crippen LogP contribution >= 0.6 is 11.8 Å². The smallest absolute Gasteiger partial charge is 0.222 e. The summed E-state index contributed by atoms with van der Waals surface area (Å²) in [5.74, 6) is 2.10. The summed E-state index contributed by atoms with van der Waals surface area (Å²) in [5, 5.41) is 2.75. The van der Waals surface area contributed by atoms with Crippen LogP contribution in [0.1, 0.15) is 46.1 Å². The normalized spacial score (nSPS) is 14.9. The molecule has 4 aromatic rings. The van der Waals surface area contributed by atoms with Crippen molar-refractivity contribution in [2.24, 2.45) is 5.92 Å². The molecule has 2 heterocycles. The fourth-order valence-electron chi connectivity index (χ4n) is 4.91. The van der Waals surface area contributed by atoms with Crippen molar-refractivity contribution >= 4 is 29.3 Å². The zero-order chi connectivity index (χ0) is 25.8. The molecule has 0 aliphatic heterocycles. The molecular weight excluding hydrogens is 485 g/mol. The highest BCUT2D eigenvalue weighted by Crippen LogP contribution is 2.37. The number of halogens is 1. The molecule has 1 atom stereocenters. The number of hydrogen-bond acceptors (Lipinski definition) is 4. The van der Waals surface area contributed by atoms with Gasteiger partial charge in [0.05, 0.1) is 5.69 Å². The maximum Gasteiger partial charge on any atom is 0.222 e. The van der Waals surface area contributed by atoms with Gasteiger partial charge in [0.2, 0.25) is 5.91 Å². The monoisotopic (exact) mass is 513 g/mol. The molecule has 1 aliphatic carbocycles. The third kappa shape index (κ3) is 6.00. The first kappa shape index (κ1) is 25.0. The molecule has 2 aromatic heterocycles. The molecule has 0 radical (unpaired) electrons. The molecule has 2 aromatic carbocycles. The molecule has 188 valence electrons. The van der Waals surface area contributed by atoms with Gasteiger partial charge in [-0.1, -0.05) is 42.5 Å². The number of aromatic nitrogens is 2. The van der Waals surface area contributed by atoms with E-state index in [-0.39, 0.29) is 23.4 Å². The molecule has 0 fully saturated rings. The second-order valence-electron chi connectivity index (χ2n) is 9.44. The van der Waals surface area contributed by atoms with Gasteiger partial charge in [0, 0.05) is 48.5 Å². The lowest BCUT2D eigenvalue weighted by Crippen LogP contribution is -2.22. The number of hydrogen-bond donors (Lipinski definition) is 2. The van der Waals surface area contributed by atoms with Gasteiger partial charge in [-0.3, -0.25) is 9.59 Å². The van der Waals surface area contributed by atoms with Crippen molar-refractivity contribution in [1.82, 2.24) is 9.97 Å². The number of benzene rings is 2. The standard InChI is InChI=1S/C30H28FN3O2S/c1-19(35)33-28-16-23(11-12-32-28)30-25(13-20-5-3-2-4-6-20)29-26(34-30)14-22(15-27(29)36)18-37-17-21-7-9-24(31)10-8-21/h2-12,16,22,34H,13-15,17-18H2,1H3,(H,32,33,35). The number of amides is 1. The molecule has 0 saturated heterocycles. The van der Waals surface area contributed by atoms with Crippen LogP contribution in [0.25, 0.3) is 11.3 Å². The molecule has 0 bridgehead atoms. The number of anilines is 1. The van der Waals surface area contributed by atoms with Crippen LogP contribution in [0.4, 0.5) is 10.2 Å². The van der Waals surface area contributed by atoms with Gasteiger partial charge in [-0.25, -0.2) is 9.37 Å². The minimum absolute atomic E-state index is 0.165. The van der Waals surface area contributed by atoms with E-state index in [0.717, 1.165) is 57.1 Å². The van der Waals surface area contributed by atoms with E-state index in [1.807, 2.05) is 42.5 Å². The van der Waals surface area contributed by atoms with Crippen molar-refractivity contribution in [3.63, 3.8) is 0 Å². The van der Waals surface area contributed by atoms with Crippen molar-refractivity contribution < 1.29 is 14.0 Å². The second-order valence-corrected chi connectivity index (χ2v) is 10.5. The largest absolute Gasteiger partial charge is 0.358 e. The van der Waals surface area contributed by atoms with Gasteiger partial charge in [0.25, 0.3) is 0 Å². The minimum Gasteiger partial charge on any atom is -0.358 e. The van der Waals surface area contributed by atoms with Gasteiger partial charge in [0.15, 0.2) is 5.78 Å². The summed E-state index contributed by atoms with van der Waals surface area (Å²) >= 11 is 1.78. The molecule has 0 spiro atoms. The Labute approximate surface area is 219 Å². The lowest BCUT2D eigenvalue weighted by molar-refractivity contribution is -0.114. The lowest BCUT2D eigenvalue weighted by atomic mass is 9.84. The van der Waals surface area contributed by atoms with E-state index in [4.69, 9.17) is 0 Å². The number of H-pyrrole nitrogens is 1. The van der Waals surface area contributed by atoms with E-state index >= 15 is 0 Å². The van der Waals surface area contributed by atoms with Crippen molar-refractivity contribution in [2.75, 3.05) is 11.1 Å². The highest BCUT2D eigenvalue weighted by atomic mass is 32.2. The third-order valence-electron chi connectivity index (χ3n) is 6.54. The first-order chi connectivity index (χ1) is 18.0. The highest BCUT2D eigenvalue weighted by molar-refractivity contribution is 7.98.